The summed E-state index contributed by atoms with van der Waals surface area (Å²) < 4.78 is 2.24. The van der Waals surface area contributed by atoms with Crippen LogP contribution in [0.2, 0.25) is 0 Å². The molecule has 7 nitrogen and oxygen atoms in total. The number of carbonyl (C=O) groups excluding carboxylic acids is 1. The van der Waals surface area contributed by atoms with E-state index in [0.29, 0.717) is 5.65 Å². The number of carbonyl (C=O) groups is 1. The average molecular weight is 334 g/mol. The highest BCUT2D eigenvalue weighted by atomic mass is 79.9. The number of aromatic nitrogens is 4. The van der Waals surface area contributed by atoms with Gasteiger partial charge in [-0.2, -0.15) is 5.10 Å². The summed E-state index contributed by atoms with van der Waals surface area (Å²) in [5, 5.41) is 16.1. The summed E-state index contributed by atoms with van der Waals surface area (Å²) in [5.41, 5.74) is 0.726. The van der Waals surface area contributed by atoms with E-state index in [2.05, 4.69) is 36.3 Å². The van der Waals surface area contributed by atoms with Crippen LogP contribution in [0.3, 0.4) is 0 Å². The van der Waals surface area contributed by atoms with Crippen LogP contribution in [0.1, 0.15) is 10.5 Å². The van der Waals surface area contributed by atoms with E-state index in [4.69, 9.17) is 0 Å². The van der Waals surface area contributed by atoms with Crippen molar-refractivity contribution in [3.8, 4) is 5.75 Å². The van der Waals surface area contributed by atoms with Crippen molar-refractivity contribution < 1.29 is 9.90 Å². The van der Waals surface area contributed by atoms with Gasteiger partial charge in [-0.25, -0.2) is 14.5 Å². The highest BCUT2D eigenvalue weighted by Crippen LogP contribution is 2.19. The summed E-state index contributed by atoms with van der Waals surface area (Å²) >= 11 is 3.28. The normalized spacial score (nSPS) is 10.7. The first-order valence-electron chi connectivity index (χ1n) is 5.60. The van der Waals surface area contributed by atoms with Crippen molar-refractivity contribution in [3.05, 3.63) is 47.0 Å². The highest BCUT2D eigenvalue weighted by molar-refractivity contribution is 9.10. The van der Waals surface area contributed by atoms with Crippen LogP contribution in [0.25, 0.3) is 5.65 Å². The fourth-order valence-electron chi connectivity index (χ4n) is 1.63. The molecule has 0 spiro atoms. The molecule has 3 aromatic rings. The van der Waals surface area contributed by atoms with Gasteiger partial charge in [0.15, 0.2) is 22.9 Å². The van der Waals surface area contributed by atoms with Crippen molar-refractivity contribution in [2.45, 2.75) is 0 Å². The summed E-state index contributed by atoms with van der Waals surface area (Å²) in [6.45, 7) is 0. The topological polar surface area (TPSA) is 92.4 Å². The molecule has 0 fully saturated rings. The number of rotatable bonds is 2. The number of aromatic hydroxyl groups is 1. The van der Waals surface area contributed by atoms with Crippen molar-refractivity contribution >= 4 is 33.3 Å². The third-order valence-corrected chi connectivity index (χ3v) is 2.94. The fraction of sp³-hybridized carbons (Fsp3) is 0. The number of halogens is 1. The van der Waals surface area contributed by atoms with E-state index in [1.54, 1.807) is 24.5 Å². The van der Waals surface area contributed by atoms with Crippen LogP contribution in [0.15, 0.2) is 41.3 Å². The standard InChI is InChI=1S/C12H8BrN5O2/c13-7-5-15-10-4-8(17-18(10)6-7)12(20)16-11-9(19)2-1-3-14-11/h1-6,19H,(H,14,16,20). The minimum atomic E-state index is -0.472. The van der Waals surface area contributed by atoms with Crippen molar-refractivity contribution in [1.82, 2.24) is 19.6 Å². The molecule has 8 heteroatoms. The number of pyridine rings is 1. The van der Waals surface area contributed by atoms with Gasteiger partial charge in [-0.15, -0.1) is 0 Å². The Labute approximate surface area is 121 Å². The summed E-state index contributed by atoms with van der Waals surface area (Å²) in [6.07, 6.45) is 4.78. The molecule has 0 radical (unpaired) electrons. The molecular formula is C12H8BrN5O2. The highest BCUT2D eigenvalue weighted by Gasteiger charge is 2.14. The Kier molecular flexibility index (Phi) is 3.07. The van der Waals surface area contributed by atoms with Gasteiger partial charge in [-0.3, -0.25) is 4.79 Å². The fourth-order valence-corrected chi connectivity index (χ4v) is 1.93. The lowest BCUT2D eigenvalue weighted by molar-refractivity contribution is 0.102. The van der Waals surface area contributed by atoms with Gasteiger partial charge < -0.3 is 10.4 Å². The molecule has 3 rings (SSSR count). The van der Waals surface area contributed by atoms with E-state index in [9.17, 15) is 9.90 Å². The van der Waals surface area contributed by atoms with Crippen LogP contribution in [0.5, 0.6) is 5.75 Å². The molecule has 0 aliphatic rings. The van der Waals surface area contributed by atoms with Gasteiger partial charge in [0.1, 0.15) is 0 Å². The first-order chi connectivity index (χ1) is 9.63. The molecule has 0 atom stereocenters. The van der Waals surface area contributed by atoms with Crippen LogP contribution in [0.4, 0.5) is 5.82 Å². The zero-order valence-corrected chi connectivity index (χ0v) is 11.6. The van der Waals surface area contributed by atoms with E-state index >= 15 is 0 Å². The summed E-state index contributed by atoms with van der Waals surface area (Å²) in [7, 11) is 0. The van der Waals surface area contributed by atoms with Gasteiger partial charge in [-0.05, 0) is 28.1 Å². The van der Waals surface area contributed by atoms with Gasteiger partial charge in [0, 0.05) is 24.7 Å². The zero-order valence-electron chi connectivity index (χ0n) is 9.99. The van der Waals surface area contributed by atoms with Crippen LogP contribution < -0.4 is 5.32 Å². The van der Waals surface area contributed by atoms with Crippen LogP contribution in [-0.4, -0.2) is 30.6 Å². The smallest absolute Gasteiger partial charge is 0.277 e. The number of fused-ring (bicyclic) bond motifs is 1. The van der Waals surface area contributed by atoms with E-state index < -0.39 is 5.91 Å². The van der Waals surface area contributed by atoms with Crippen LogP contribution >= 0.6 is 15.9 Å². The van der Waals surface area contributed by atoms with Gasteiger partial charge >= 0.3 is 0 Å². The predicted octanol–water partition coefficient (Wildman–Crippen LogP) is 1.84. The molecule has 0 aliphatic heterocycles. The molecule has 2 N–H and O–H groups in total. The second-order valence-corrected chi connectivity index (χ2v) is 4.85. The molecule has 3 heterocycles. The molecule has 0 bridgehead atoms. The lowest BCUT2D eigenvalue weighted by atomic mass is 10.3. The van der Waals surface area contributed by atoms with Crippen molar-refractivity contribution in [2.24, 2.45) is 0 Å². The first-order valence-corrected chi connectivity index (χ1v) is 6.39. The molecular weight excluding hydrogens is 326 g/mol. The number of nitrogens with one attached hydrogen (secondary N) is 1. The molecule has 0 saturated heterocycles. The van der Waals surface area contributed by atoms with Gasteiger partial charge in [0.05, 0.1) is 4.47 Å². The Morgan fingerprint density at radius 2 is 2.25 bits per heavy atom. The lowest BCUT2D eigenvalue weighted by Crippen LogP contribution is -2.13. The molecule has 1 amide bonds. The van der Waals surface area contributed by atoms with E-state index in [1.165, 1.54) is 16.8 Å². The Bertz CT molecular complexity index is 801. The number of hydrogen-bond donors (Lipinski definition) is 2. The maximum absolute atomic E-state index is 12.0. The summed E-state index contributed by atoms with van der Waals surface area (Å²) in [6, 6.07) is 4.55. The van der Waals surface area contributed by atoms with E-state index in [1.807, 2.05) is 0 Å². The largest absolute Gasteiger partial charge is 0.504 e. The SMILES string of the molecule is O=C(Nc1ncccc1O)c1cc2ncc(Br)cn2n1. The van der Waals surface area contributed by atoms with Gasteiger partial charge in [0.25, 0.3) is 5.91 Å². The van der Waals surface area contributed by atoms with Gasteiger partial charge in [-0.1, -0.05) is 0 Å². The van der Waals surface area contributed by atoms with E-state index in [0.717, 1.165) is 4.47 Å². The molecule has 20 heavy (non-hydrogen) atoms. The Hall–Kier alpha value is -2.48. The molecule has 0 saturated carbocycles. The Morgan fingerprint density at radius 1 is 1.40 bits per heavy atom. The minimum absolute atomic E-state index is 0.0868. The lowest BCUT2D eigenvalue weighted by Gasteiger charge is -2.03. The molecule has 0 aromatic carbocycles. The van der Waals surface area contributed by atoms with Crippen LogP contribution in [-0.2, 0) is 0 Å². The molecule has 0 aliphatic carbocycles. The summed E-state index contributed by atoms with van der Waals surface area (Å²) in [5.74, 6) is -0.491. The number of amides is 1. The second-order valence-electron chi connectivity index (χ2n) is 3.93. The predicted molar refractivity (Wildman–Crippen MR) is 74.5 cm³/mol. The number of nitrogens with zero attached hydrogens (tertiary/aromatic N) is 4. The number of hydrogen-bond acceptors (Lipinski definition) is 5. The minimum Gasteiger partial charge on any atom is -0.504 e. The maximum Gasteiger partial charge on any atom is 0.277 e. The van der Waals surface area contributed by atoms with E-state index in [-0.39, 0.29) is 17.3 Å². The second kappa shape index (κ2) is 4.89. The molecule has 0 unspecified atom stereocenters. The Balaban J connectivity index is 1.91. The summed E-state index contributed by atoms with van der Waals surface area (Å²) in [4.78, 5) is 20.0. The third-order valence-electron chi connectivity index (χ3n) is 2.53. The van der Waals surface area contributed by atoms with Gasteiger partial charge in [0.2, 0.25) is 0 Å². The quantitative estimate of drug-likeness (QED) is 0.746. The maximum atomic E-state index is 12.0. The van der Waals surface area contributed by atoms with Crippen molar-refractivity contribution in [2.75, 3.05) is 5.32 Å². The van der Waals surface area contributed by atoms with Crippen LogP contribution in [0, 0.1) is 0 Å². The number of anilines is 1. The average Bonchev–Trinajstić information content (AvgIpc) is 2.84. The third kappa shape index (κ3) is 2.32. The van der Waals surface area contributed by atoms with Crippen molar-refractivity contribution in [1.29, 1.82) is 0 Å². The Morgan fingerprint density at radius 3 is 3.05 bits per heavy atom. The van der Waals surface area contributed by atoms with Crippen molar-refractivity contribution in [3.63, 3.8) is 0 Å². The zero-order chi connectivity index (χ0) is 14.1. The molecule has 100 valence electrons. The monoisotopic (exact) mass is 333 g/mol. The molecule has 3 aromatic heterocycles. The first kappa shape index (κ1) is 12.5.